The first-order chi connectivity index (χ1) is 17.9. The second kappa shape index (κ2) is 12.3. The number of nitrogens with two attached hydrogens (primary N) is 1. The molecule has 0 saturated carbocycles. The topological polar surface area (TPSA) is 93.4 Å². The lowest BCUT2D eigenvalue weighted by Gasteiger charge is -2.11. The number of anilines is 1. The Hall–Kier alpha value is -4.01. The Labute approximate surface area is 225 Å². The lowest BCUT2D eigenvalue weighted by Crippen LogP contribution is -2.34. The van der Waals surface area contributed by atoms with E-state index >= 15 is 0 Å². The van der Waals surface area contributed by atoms with Gasteiger partial charge in [-0.1, -0.05) is 66.7 Å². The van der Waals surface area contributed by atoms with E-state index in [0.717, 1.165) is 22.4 Å². The van der Waals surface area contributed by atoms with Gasteiger partial charge in [0, 0.05) is 23.3 Å². The van der Waals surface area contributed by atoms with Crippen molar-refractivity contribution in [1.29, 1.82) is 0 Å². The molecule has 0 atom stereocenters. The molecule has 4 aromatic rings. The number of carbonyl (C=O) groups excluding carboxylic acids is 2. The number of benzene rings is 3. The fourth-order valence-corrected chi connectivity index (χ4v) is 5.37. The summed E-state index contributed by atoms with van der Waals surface area (Å²) in [6.45, 7) is 2.36. The van der Waals surface area contributed by atoms with Crippen LogP contribution in [0.5, 0.6) is 5.75 Å². The highest BCUT2D eigenvalue weighted by Gasteiger charge is 2.21. The quantitative estimate of drug-likeness (QED) is 0.249. The second-order valence-electron chi connectivity index (χ2n) is 8.40. The van der Waals surface area contributed by atoms with Crippen LogP contribution in [0.25, 0.3) is 0 Å². The summed E-state index contributed by atoms with van der Waals surface area (Å²) in [4.78, 5) is 26.0. The van der Waals surface area contributed by atoms with Crippen molar-refractivity contribution in [2.75, 3.05) is 11.9 Å². The van der Waals surface area contributed by atoms with Gasteiger partial charge in [0.1, 0.15) is 10.8 Å². The summed E-state index contributed by atoms with van der Waals surface area (Å²) in [5.41, 5.74) is 9.55. The van der Waals surface area contributed by atoms with Gasteiger partial charge >= 0.3 is 0 Å². The van der Waals surface area contributed by atoms with Gasteiger partial charge in [-0.25, -0.2) is 0 Å². The molecule has 0 aliphatic carbocycles. The Balaban J connectivity index is 1.39. The van der Waals surface area contributed by atoms with E-state index in [1.807, 2.05) is 67.6 Å². The molecule has 1 heterocycles. The predicted molar refractivity (Wildman–Crippen MR) is 153 cm³/mol. The van der Waals surface area contributed by atoms with Gasteiger partial charge in [0.2, 0.25) is 0 Å². The minimum Gasteiger partial charge on any atom is -0.493 e. The summed E-state index contributed by atoms with van der Waals surface area (Å²) in [5.74, 6) is -0.340. The van der Waals surface area contributed by atoms with Crippen molar-refractivity contribution in [3.8, 4) is 5.75 Å². The molecule has 0 spiro atoms. The van der Waals surface area contributed by atoms with Crippen LogP contribution in [0, 0.1) is 6.92 Å². The Kier molecular flexibility index (Phi) is 8.66. The van der Waals surface area contributed by atoms with Crippen LogP contribution in [0.1, 0.15) is 42.3 Å². The van der Waals surface area contributed by atoms with Gasteiger partial charge in [0.15, 0.2) is 5.11 Å². The molecule has 1 aromatic heterocycles. The maximum atomic E-state index is 12.8. The normalized spacial score (nSPS) is 10.5. The molecule has 0 unspecified atom stereocenters. The molecule has 0 aliphatic rings. The van der Waals surface area contributed by atoms with Crippen molar-refractivity contribution in [2.24, 2.45) is 5.73 Å². The number of rotatable bonds is 9. The summed E-state index contributed by atoms with van der Waals surface area (Å²) >= 11 is 6.78. The van der Waals surface area contributed by atoms with Crippen LogP contribution in [-0.4, -0.2) is 23.5 Å². The van der Waals surface area contributed by atoms with E-state index < -0.39 is 5.91 Å². The summed E-state index contributed by atoms with van der Waals surface area (Å²) < 4.78 is 5.83. The minimum atomic E-state index is -0.551. The number of hydrogen-bond acceptors (Lipinski definition) is 5. The minimum absolute atomic E-state index is 0.0791. The van der Waals surface area contributed by atoms with Gasteiger partial charge in [-0.3, -0.25) is 14.9 Å². The molecule has 37 heavy (non-hydrogen) atoms. The van der Waals surface area contributed by atoms with Gasteiger partial charge in [-0.2, -0.15) is 0 Å². The van der Waals surface area contributed by atoms with Crippen LogP contribution in [0.15, 0.2) is 84.9 Å². The number of thiocarbonyl (C=S) groups is 1. The van der Waals surface area contributed by atoms with E-state index in [1.54, 1.807) is 24.3 Å². The first-order valence-corrected chi connectivity index (χ1v) is 13.0. The van der Waals surface area contributed by atoms with Crippen molar-refractivity contribution in [3.05, 3.63) is 118 Å². The van der Waals surface area contributed by atoms with Crippen molar-refractivity contribution in [1.82, 2.24) is 5.32 Å². The maximum absolute atomic E-state index is 12.8. The van der Waals surface area contributed by atoms with Gasteiger partial charge in [-0.15, -0.1) is 11.3 Å². The Morgan fingerprint density at radius 2 is 1.62 bits per heavy atom. The average Bonchev–Trinajstić information content (AvgIpc) is 3.19. The molecule has 0 fully saturated rings. The van der Waals surface area contributed by atoms with Gasteiger partial charge in [0.05, 0.1) is 12.2 Å². The third kappa shape index (κ3) is 7.03. The molecule has 0 radical (unpaired) electrons. The standard InChI is InChI=1S/C29H27N3O3S2/c1-19-24(17-21-11-6-3-7-12-21)37-28(25(19)26(30)33)32-29(36)31-27(34)22-13-8-14-23(18-22)35-16-15-20-9-4-2-5-10-20/h2-14,18H,15-17H2,1H3,(H2,30,33)(H2,31,32,34,36). The van der Waals surface area contributed by atoms with Crippen molar-refractivity contribution in [2.45, 2.75) is 19.8 Å². The zero-order valence-corrected chi connectivity index (χ0v) is 22.0. The van der Waals surface area contributed by atoms with Gasteiger partial charge in [-0.05, 0) is 54.0 Å². The molecule has 0 bridgehead atoms. The lowest BCUT2D eigenvalue weighted by molar-refractivity contribution is 0.0975. The van der Waals surface area contributed by atoms with E-state index in [4.69, 9.17) is 22.7 Å². The number of nitrogens with one attached hydrogen (secondary N) is 2. The number of ether oxygens (including phenoxy) is 1. The number of hydrogen-bond donors (Lipinski definition) is 3. The highest BCUT2D eigenvalue weighted by Crippen LogP contribution is 2.34. The monoisotopic (exact) mass is 529 g/mol. The van der Waals surface area contributed by atoms with E-state index in [9.17, 15) is 9.59 Å². The fraction of sp³-hybridized carbons (Fsp3) is 0.138. The Morgan fingerprint density at radius 1 is 0.946 bits per heavy atom. The van der Waals surface area contributed by atoms with Crippen LogP contribution in [0.2, 0.25) is 0 Å². The fourth-order valence-electron chi connectivity index (χ4n) is 3.86. The SMILES string of the molecule is Cc1c(Cc2ccccc2)sc(NC(=S)NC(=O)c2cccc(OCCc3ccccc3)c2)c1C(N)=O. The summed E-state index contributed by atoms with van der Waals surface area (Å²) in [7, 11) is 0. The molecule has 4 N–H and O–H groups in total. The van der Waals surface area contributed by atoms with E-state index in [-0.39, 0.29) is 11.0 Å². The zero-order chi connectivity index (χ0) is 26.2. The molecular weight excluding hydrogens is 502 g/mol. The molecule has 4 rings (SSSR count). The van der Waals surface area contributed by atoms with E-state index in [1.165, 1.54) is 16.9 Å². The first-order valence-electron chi connectivity index (χ1n) is 11.8. The summed E-state index contributed by atoms with van der Waals surface area (Å²) in [6, 6.07) is 26.9. The molecule has 188 valence electrons. The van der Waals surface area contributed by atoms with Crippen LogP contribution in [0.4, 0.5) is 5.00 Å². The van der Waals surface area contributed by atoms with Crippen molar-refractivity contribution < 1.29 is 14.3 Å². The van der Waals surface area contributed by atoms with Crippen LogP contribution in [-0.2, 0) is 12.8 Å². The second-order valence-corrected chi connectivity index (χ2v) is 9.91. The van der Waals surface area contributed by atoms with E-state index in [2.05, 4.69) is 10.6 Å². The van der Waals surface area contributed by atoms with Crippen LogP contribution in [0.3, 0.4) is 0 Å². The molecule has 0 aliphatic heterocycles. The van der Waals surface area contributed by atoms with E-state index in [0.29, 0.717) is 34.9 Å². The number of primary amides is 1. The van der Waals surface area contributed by atoms with Gasteiger partial charge in [0.25, 0.3) is 11.8 Å². The molecular formula is C29H27N3O3S2. The number of thiophene rings is 1. The number of amides is 2. The summed E-state index contributed by atoms with van der Waals surface area (Å²) in [5, 5.41) is 6.26. The molecule has 8 heteroatoms. The first kappa shape index (κ1) is 26.1. The van der Waals surface area contributed by atoms with Gasteiger partial charge < -0.3 is 15.8 Å². The molecule has 0 saturated heterocycles. The predicted octanol–water partition coefficient (Wildman–Crippen LogP) is 5.49. The molecule has 6 nitrogen and oxygen atoms in total. The van der Waals surface area contributed by atoms with Crippen molar-refractivity contribution >= 4 is 45.5 Å². The average molecular weight is 530 g/mol. The Morgan fingerprint density at radius 3 is 2.30 bits per heavy atom. The molecule has 2 amide bonds. The summed E-state index contributed by atoms with van der Waals surface area (Å²) in [6.07, 6.45) is 1.43. The number of carbonyl (C=O) groups is 2. The third-order valence-corrected chi connectivity index (χ3v) is 7.16. The van der Waals surface area contributed by atoms with Crippen LogP contribution < -0.4 is 21.1 Å². The highest BCUT2D eigenvalue weighted by molar-refractivity contribution is 7.80. The van der Waals surface area contributed by atoms with Crippen LogP contribution >= 0.6 is 23.6 Å². The smallest absolute Gasteiger partial charge is 0.257 e. The maximum Gasteiger partial charge on any atom is 0.257 e. The lowest BCUT2D eigenvalue weighted by atomic mass is 10.1. The third-order valence-electron chi connectivity index (χ3n) is 5.75. The molecule has 3 aromatic carbocycles. The largest absolute Gasteiger partial charge is 0.493 e. The Bertz CT molecular complexity index is 1400. The highest BCUT2D eigenvalue weighted by atomic mass is 32.1. The van der Waals surface area contributed by atoms with Crippen molar-refractivity contribution in [3.63, 3.8) is 0 Å². The zero-order valence-electron chi connectivity index (χ0n) is 20.3.